The van der Waals surface area contributed by atoms with Gasteiger partial charge >= 0.3 is 19.8 Å². The molecule has 0 aliphatic rings. The molecule has 0 saturated carbocycles. The van der Waals surface area contributed by atoms with Crippen LogP contribution in [0.1, 0.15) is 123 Å². The minimum atomic E-state index is -4.65. The number of carbonyl (C=O) groups is 2. The van der Waals surface area contributed by atoms with Crippen molar-refractivity contribution in [1.82, 2.24) is 0 Å². The largest absolute Gasteiger partial charge is 0.472 e. The minimum Gasteiger partial charge on any atom is -0.457 e. The third-order valence-corrected chi connectivity index (χ3v) is 8.08. The maximum absolute atomic E-state index is 12.3. The van der Waals surface area contributed by atoms with Gasteiger partial charge in [0, 0.05) is 12.8 Å². The van der Waals surface area contributed by atoms with Crippen LogP contribution in [0.4, 0.5) is 0 Å². The molecule has 0 aromatic rings. The predicted octanol–water partition coefficient (Wildman–Crippen LogP) is 8.94. The molecule has 3 atom stereocenters. The lowest BCUT2D eigenvalue weighted by Gasteiger charge is -2.20. The van der Waals surface area contributed by atoms with Crippen molar-refractivity contribution < 1.29 is 47.8 Å². The molecule has 0 radical (unpaired) electrons. The second-order valence-electron chi connectivity index (χ2n) is 11.8. The summed E-state index contributed by atoms with van der Waals surface area (Å²) in [6.45, 7) is 1.91. The van der Waals surface area contributed by atoms with Crippen LogP contribution in [0, 0.1) is 0 Å². The number of hydrogen-bond donors (Lipinski definition) is 3. The number of rotatable bonds is 33. The number of esters is 2. The highest BCUT2D eigenvalue weighted by Gasteiger charge is 2.27. The van der Waals surface area contributed by atoms with Crippen molar-refractivity contribution in [3.63, 3.8) is 0 Å². The Labute approximate surface area is 301 Å². The van der Waals surface area contributed by atoms with Crippen molar-refractivity contribution >= 4 is 19.8 Å². The zero-order valence-corrected chi connectivity index (χ0v) is 31.5. The van der Waals surface area contributed by atoms with Crippen LogP contribution in [0.25, 0.3) is 0 Å². The summed E-state index contributed by atoms with van der Waals surface area (Å²) in [4.78, 5) is 34.3. The van der Waals surface area contributed by atoms with Crippen LogP contribution in [-0.4, -0.2) is 65.7 Å². The lowest BCUT2D eigenvalue weighted by Crippen LogP contribution is -2.28. The van der Waals surface area contributed by atoms with E-state index >= 15 is 0 Å². The number of unbranched alkanes of at least 4 members (excludes halogenated alkanes) is 7. The zero-order chi connectivity index (χ0) is 37.0. The molecule has 0 rings (SSSR count). The number of ether oxygens (including phenoxy) is 2. The number of hydrogen-bond acceptors (Lipinski definition) is 9. The minimum absolute atomic E-state index is 0.109. The van der Waals surface area contributed by atoms with Crippen molar-refractivity contribution in [3.05, 3.63) is 72.9 Å². The fourth-order valence-electron chi connectivity index (χ4n) is 4.33. The number of phosphoric ester groups is 1. The van der Waals surface area contributed by atoms with E-state index in [1.165, 1.54) is 0 Å². The first-order chi connectivity index (χ1) is 24.3. The molecule has 0 aliphatic carbocycles. The van der Waals surface area contributed by atoms with Gasteiger partial charge in [-0.2, -0.15) is 0 Å². The molecule has 11 heteroatoms. The first kappa shape index (κ1) is 47.4. The highest BCUT2D eigenvalue weighted by atomic mass is 31.2. The standard InChI is InChI=1S/C39H65O10P/c1-3-5-7-9-11-13-15-16-17-18-19-20-21-23-25-27-29-31-39(43)49-37(33-41)35-47-50(44,45)46-34-36(32-40)48-38(42)30-28-26-24-22-14-12-10-8-6-4-2/h5,7-8,10-11,13,16-17,19-20,23,25,36-37,40-41H,3-4,6,9,12,14-15,18,21-22,24,26-35H2,1-2H3,(H,44,45)/b7-5-,10-8-,13-11-,17-16-,20-19-,25-23-. The van der Waals surface area contributed by atoms with E-state index in [4.69, 9.17) is 18.5 Å². The first-order valence-corrected chi connectivity index (χ1v) is 19.9. The first-order valence-electron chi connectivity index (χ1n) is 18.4. The topological polar surface area (TPSA) is 149 Å². The molecule has 286 valence electrons. The van der Waals surface area contributed by atoms with E-state index in [-0.39, 0.29) is 12.8 Å². The van der Waals surface area contributed by atoms with Crippen molar-refractivity contribution in [1.29, 1.82) is 0 Å². The predicted molar refractivity (Wildman–Crippen MR) is 200 cm³/mol. The monoisotopic (exact) mass is 724 g/mol. The Hall–Kier alpha value is -2.59. The SMILES string of the molecule is CC/C=C\C/C=C\C/C=C\C/C=C\C/C=C\CCCC(=O)OC(CO)COP(=O)(O)OCC(CO)OC(=O)CCCCCCC/C=C\CCC. The highest BCUT2D eigenvalue weighted by Crippen LogP contribution is 2.43. The quantitative estimate of drug-likeness (QED) is 0.0259. The summed E-state index contributed by atoms with van der Waals surface area (Å²) in [5.41, 5.74) is 0. The van der Waals surface area contributed by atoms with Crippen LogP contribution in [0.3, 0.4) is 0 Å². The molecule has 0 aliphatic heterocycles. The molecule has 0 aromatic heterocycles. The van der Waals surface area contributed by atoms with Gasteiger partial charge in [-0.05, 0) is 70.6 Å². The average Bonchev–Trinajstić information content (AvgIpc) is 3.10. The molecule has 0 fully saturated rings. The van der Waals surface area contributed by atoms with Crippen molar-refractivity contribution in [2.24, 2.45) is 0 Å². The molecule has 0 heterocycles. The van der Waals surface area contributed by atoms with Gasteiger partial charge < -0.3 is 24.6 Å². The summed E-state index contributed by atoms with van der Waals surface area (Å²) in [6.07, 6.45) is 37.5. The Bertz CT molecular complexity index is 1060. The maximum atomic E-state index is 12.3. The Kier molecular flexibility index (Phi) is 33.0. The van der Waals surface area contributed by atoms with Crippen molar-refractivity contribution in [2.45, 2.75) is 135 Å². The van der Waals surface area contributed by atoms with E-state index in [9.17, 15) is 29.3 Å². The van der Waals surface area contributed by atoms with Crippen LogP contribution in [-0.2, 0) is 32.7 Å². The Morgan fingerprint density at radius 1 is 0.560 bits per heavy atom. The van der Waals surface area contributed by atoms with Gasteiger partial charge in [0.15, 0.2) is 0 Å². The van der Waals surface area contributed by atoms with Crippen LogP contribution >= 0.6 is 7.82 Å². The smallest absolute Gasteiger partial charge is 0.457 e. The van der Waals surface area contributed by atoms with Crippen LogP contribution in [0.15, 0.2) is 72.9 Å². The molecule has 50 heavy (non-hydrogen) atoms. The molecule has 3 N–H and O–H groups in total. The molecule has 10 nitrogen and oxygen atoms in total. The molecular weight excluding hydrogens is 659 g/mol. The van der Waals surface area contributed by atoms with E-state index in [1.54, 1.807) is 0 Å². The number of phosphoric acid groups is 1. The maximum Gasteiger partial charge on any atom is 0.472 e. The van der Waals surface area contributed by atoms with Gasteiger partial charge in [-0.1, -0.05) is 112 Å². The van der Waals surface area contributed by atoms with E-state index in [2.05, 4.69) is 74.6 Å². The van der Waals surface area contributed by atoms with Crippen LogP contribution < -0.4 is 0 Å². The lowest BCUT2D eigenvalue weighted by molar-refractivity contribution is -0.153. The Morgan fingerprint density at radius 2 is 0.960 bits per heavy atom. The third kappa shape index (κ3) is 32.6. The molecule has 0 bridgehead atoms. The summed E-state index contributed by atoms with van der Waals surface area (Å²) in [5.74, 6) is -1.10. The number of aliphatic hydroxyl groups excluding tert-OH is 2. The normalized spacial score (nSPS) is 14.9. The van der Waals surface area contributed by atoms with E-state index in [0.29, 0.717) is 19.3 Å². The van der Waals surface area contributed by atoms with Crippen molar-refractivity contribution in [2.75, 3.05) is 26.4 Å². The average molecular weight is 725 g/mol. The van der Waals surface area contributed by atoms with Crippen molar-refractivity contribution in [3.8, 4) is 0 Å². The Balaban J connectivity index is 4.11. The van der Waals surface area contributed by atoms with E-state index in [0.717, 1.165) is 77.0 Å². The second kappa shape index (κ2) is 34.8. The van der Waals surface area contributed by atoms with Crippen LogP contribution in [0.2, 0.25) is 0 Å². The number of carbonyl (C=O) groups excluding carboxylic acids is 2. The summed E-state index contributed by atoms with van der Waals surface area (Å²) in [7, 11) is -4.65. The van der Waals surface area contributed by atoms with Gasteiger partial charge in [0.05, 0.1) is 26.4 Å². The fourth-order valence-corrected chi connectivity index (χ4v) is 5.11. The lowest BCUT2D eigenvalue weighted by atomic mass is 10.1. The van der Waals surface area contributed by atoms with E-state index < -0.39 is 58.4 Å². The van der Waals surface area contributed by atoms with Gasteiger partial charge in [-0.15, -0.1) is 0 Å². The molecule has 0 aromatic carbocycles. The molecule has 0 spiro atoms. The summed E-state index contributed by atoms with van der Waals surface area (Å²) in [5, 5.41) is 19.0. The van der Waals surface area contributed by atoms with Gasteiger partial charge in [0.2, 0.25) is 0 Å². The summed E-state index contributed by atoms with van der Waals surface area (Å²) in [6, 6.07) is 0. The molecule has 0 saturated heterocycles. The summed E-state index contributed by atoms with van der Waals surface area (Å²) >= 11 is 0. The Morgan fingerprint density at radius 3 is 1.46 bits per heavy atom. The van der Waals surface area contributed by atoms with Gasteiger partial charge in [0.1, 0.15) is 12.2 Å². The van der Waals surface area contributed by atoms with Crippen LogP contribution in [0.5, 0.6) is 0 Å². The number of aliphatic hydroxyl groups is 2. The van der Waals surface area contributed by atoms with Gasteiger partial charge in [-0.25, -0.2) is 4.57 Å². The molecular formula is C39H65O10P. The number of allylic oxidation sites excluding steroid dienone is 12. The van der Waals surface area contributed by atoms with Gasteiger partial charge in [0.25, 0.3) is 0 Å². The third-order valence-electron chi connectivity index (χ3n) is 7.13. The molecule has 3 unspecified atom stereocenters. The van der Waals surface area contributed by atoms with Gasteiger partial charge in [-0.3, -0.25) is 18.6 Å². The molecule has 0 amide bonds. The highest BCUT2D eigenvalue weighted by molar-refractivity contribution is 7.47. The van der Waals surface area contributed by atoms with E-state index in [1.807, 2.05) is 12.2 Å². The summed E-state index contributed by atoms with van der Waals surface area (Å²) < 4.78 is 32.3. The fraction of sp³-hybridized carbons (Fsp3) is 0.641. The second-order valence-corrected chi connectivity index (χ2v) is 13.3. The zero-order valence-electron chi connectivity index (χ0n) is 30.6.